The van der Waals surface area contributed by atoms with Crippen molar-refractivity contribution in [1.29, 1.82) is 0 Å². The third-order valence-electron chi connectivity index (χ3n) is 2.21. The zero-order valence-corrected chi connectivity index (χ0v) is 8.61. The van der Waals surface area contributed by atoms with Gasteiger partial charge in [-0.1, -0.05) is 0 Å². The standard InChI is InChI=1S/C10H17N2O3/c11-9(14)4-2-1-3-8(13)10(15)12-7-5-6-7/h3,7-8,13H,1-2,4-6H2,(H2,11,14)(H,12,15). The van der Waals surface area contributed by atoms with Crippen molar-refractivity contribution in [2.45, 2.75) is 44.2 Å². The third-order valence-corrected chi connectivity index (χ3v) is 2.21. The van der Waals surface area contributed by atoms with Crippen LogP contribution in [-0.2, 0) is 9.59 Å². The third kappa shape index (κ3) is 5.37. The predicted molar refractivity (Wildman–Crippen MR) is 54.5 cm³/mol. The molecule has 0 aromatic carbocycles. The first-order valence-corrected chi connectivity index (χ1v) is 5.19. The fraction of sp³-hybridized carbons (Fsp3) is 0.700. The minimum absolute atomic E-state index is 0.256. The molecule has 1 aliphatic carbocycles. The first-order valence-electron chi connectivity index (χ1n) is 5.19. The molecule has 5 heteroatoms. The maximum Gasteiger partial charge on any atom is 0.249 e. The van der Waals surface area contributed by atoms with Gasteiger partial charge in [-0.25, -0.2) is 0 Å². The summed E-state index contributed by atoms with van der Waals surface area (Å²) in [6, 6.07) is 0.256. The van der Waals surface area contributed by atoms with Crippen LogP contribution in [0, 0.1) is 6.42 Å². The van der Waals surface area contributed by atoms with Gasteiger partial charge in [0.05, 0.1) is 0 Å². The Kier molecular flexibility index (Phi) is 4.55. The van der Waals surface area contributed by atoms with Crippen LogP contribution in [0.25, 0.3) is 0 Å². The molecule has 4 N–H and O–H groups in total. The lowest BCUT2D eigenvalue weighted by Crippen LogP contribution is -2.36. The molecule has 0 bridgehead atoms. The van der Waals surface area contributed by atoms with Gasteiger partial charge >= 0.3 is 0 Å². The zero-order valence-electron chi connectivity index (χ0n) is 8.61. The number of unbranched alkanes of at least 4 members (excludes halogenated alkanes) is 1. The highest BCUT2D eigenvalue weighted by molar-refractivity contribution is 5.82. The van der Waals surface area contributed by atoms with Crippen molar-refractivity contribution in [1.82, 2.24) is 5.32 Å². The van der Waals surface area contributed by atoms with Crippen molar-refractivity contribution in [3.63, 3.8) is 0 Å². The first-order chi connectivity index (χ1) is 7.09. The number of amides is 2. The van der Waals surface area contributed by atoms with Crippen LogP contribution in [0.1, 0.15) is 32.1 Å². The number of aliphatic hydroxyl groups is 1. The summed E-state index contributed by atoms with van der Waals surface area (Å²) >= 11 is 0. The summed E-state index contributed by atoms with van der Waals surface area (Å²) in [6.45, 7) is 0. The van der Waals surface area contributed by atoms with E-state index in [9.17, 15) is 14.7 Å². The number of carbonyl (C=O) groups is 2. The van der Waals surface area contributed by atoms with E-state index in [0.29, 0.717) is 12.8 Å². The molecule has 1 saturated carbocycles. The molecule has 1 fully saturated rings. The van der Waals surface area contributed by atoms with Crippen LogP contribution >= 0.6 is 0 Å². The Morgan fingerprint density at radius 3 is 2.73 bits per heavy atom. The number of hydrogen-bond donors (Lipinski definition) is 3. The van der Waals surface area contributed by atoms with Gasteiger partial charge in [0.25, 0.3) is 0 Å². The number of hydrogen-bond acceptors (Lipinski definition) is 3. The van der Waals surface area contributed by atoms with Crippen LogP contribution in [0.4, 0.5) is 0 Å². The molecule has 2 amide bonds. The largest absolute Gasteiger partial charge is 0.383 e. The van der Waals surface area contributed by atoms with Crippen molar-refractivity contribution >= 4 is 11.8 Å². The average Bonchev–Trinajstić information content (AvgIpc) is 2.95. The van der Waals surface area contributed by atoms with Crippen molar-refractivity contribution in [3.8, 4) is 0 Å². The van der Waals surface area contributed by atoms with Gasteiger partial charge in [0, 0.05) is 12.5 Å². The van der Waals surface area contributed by atoms with Crippen LogP contribution in [0.2, 0.25) is 0 Å². The number of aliphatic hydroxyl groups excluding tert-OH is 1. The topological polar surface area (TPSA) is 92.4 Å². The molecule has 1 radical (unpaired) electrons. The summed E-state index contributed by atoms with van der Waals surface area (Å²) in [6.07, 6.45) is 3.80. The van der Waals surface area contributed by atoms with Crippen LogP contribution in [0.3, 0.4) is 0 Å². The van der Waals surface area contributed by atoms with Crippen LogP contribution in [-0.4, -0.2) is 29.1 Å². The van der Waals surface area contributed by atoms with E-state index in [2.05, 4.69) is 5.32 Å². The highest BCUT2D eigenvalue weighted by Crippen LogP contribution is 2.18. The summed E-state index contributed by atoms with van der Waals surface area (Å²) in [5.41, 5.74) is 4.95. The van der Waals surface area contributed by atoms with Gasteiger partial charge in [-0.05, 0) is 32.1 Å². The number of primary amides is 1. The fourth-order valence-corrected chi connectivity index (χ4v) is 1.17. The Morgan fingerprint density at radius 2 is 2.20 bits per heavy atom. The normalized spacial score (nSPS) is 17.1. The maximum absolute atomic E-state index is 11.2. The van der Waals surface area contributed by atoms with Crippen molar-refractivity contribution < 1.29 is 14.7 Å². The Balaban J connectivity index is 2.03. The molecule has 0 aromatic heterocycles. The van der Waals surface area contributed by atoms with Gasteiger partial charge in [0.2, 0.25) is 11.8 Å². The van der Waals surface area contributed by atoms with E-state index in [1.54, 1.807) is 0 Å². The smallest absolute Gasteiger partial charge is 0.249 e. The van der Waals surface area contributed by atoms with Gasteiger partial charge in [0.1, 0.15) is 6.10 Å². The Bertz CT molecular complexity index is 239. The van der Waals surface area contributed by atoms with E-state index in [1.165, 1.54) is 6.42 Å². The molecular weight excluding hydrogens is 196 g/mol. The fourth-order valence-electron chi connectivity index (χ4n) is 1.17. The highest BCUT2D eigenvalue weighted by Gasteiger charge is 2.26. The van der Waals surface area contributed by atoms with Gasteiger partial charge in [-0.15, -0.1) is 0 Å². The second kappa shape index (κ2) is 5.70. The van der Waals surface area contributed by atoms with E-state index in [1.807, 2.05) is 0 Å². The summed E-state index contributed by atoms with van der Waals surface area (Å²) < 4.78 is 0. The molecule has 5 nitrogen and oxygen atoms in total. The van der Waals surface area contributed by atoms with Crippen molar-refractivity contribution in [3.05, 3.63) is 6.42 Å². The second-order valence-electron chi connectivity index (χ2n) is 3.82. The van der Waals surface area contributed by atoms with E-state index in [-0.39, 0.29) is 24.3 Å². The van der Waals surface area contributed by atoms with Crippen LogP contribution in [0.5, 0.6) is 0 Å². The van der Waals surface area contributed by atoms with E-state index in [4.69, 9.17) is 5.73 Å². The molecule has 0 aromatic rings. The maximum atomic E-state index is 11.2. The number of rotatable bonds is 7. The Hall–Kier alpha value is -1.10. The summed E-state index contributed by atoms with van der Waals surface area (Å²) in [5, 5.41) is 12.1. The molecule has 1 unspecified atom stereocenters. The van der Waals surface area contributed by atoms with E-state index in [0.717, 1.165) is 12.8 Å². The van der Waals surface area contributed by atoms with Gasteiger partial charge < -0.3 is 16.2 Å². The van der Waals surface area contributed by atoms with Crippen LogP contribution in [0.15, 0.2) is 0 Å². The van der Waals surface area contributed by atoms with Gasteiger partial charge in [-0.2, -0.15) is 0 Å². The van der Waals surface area contributed by atoms with Crippen LogP contribution < -0.4 is 11.1 Å². The van der Waals surface area contributed by atoms with Gasteiger partial charge in [-0.3, -0.25) is 9.59 Å². The molecule has 1 rings (SSSR count). The monoisotopic (exact) mass is 213 g/mol. The number of nitrogens with two attached hydrogens (primary N) is 1. The summed E-state index contributed by atoms with van der Waals surface area (Å²) in [7, 11) is 0. The molecular formula is C10H17N2O3. The number of carbonyl (C=O) groups excluding carboxylic acids is 2. The number of nitrogens with one attached hydrogen (secondary N) is 1. The quantitative estimate of drug-likeness (QED) is 0.497. The second-order valence-corrected chi connectivity index (χ2v) is 3.82. The lowest BCUT2D eigenvalue weighted by molar-refractivity contribution is -0.128. The van der Waals surface area contributed by atoms with Gasteiger partial charge in [0.15, 0.2) is 0 Å². The predicted octanol–water partition coefficient (Wildman–Crippen LogP) is -0.514. The highest BCUT2D eigenvalue weighted by atomic mass is 16.3. The van der Waals surface area contributed by atoms with Crippen molar-refractivity contribution in [2.24, 2.45) is 5.73 Å². The molecule has 0 heterocycles. The van der Waals surface area contributed by atoms with Crippen molar-refractivity contribution in [2.75, 3.05) is 0 Å². The van der Waals surface area contributed by atoms with E-state index >= 15 is 0 Å². The molecule has 85 valence electrons. The lowest BCUT2D eigenvalue weighted by Gasteiger charge is -2.09. The summed E-state index contributed by atoms with van der Waals surface area (Å²) in [4.78, 5) is 21.6. The molecule has 0 aliphatic heterocycles. The molecule has 1 atom stereocenters. The lowest BCUT2D eigenvalue weighted by atomic mass is 10.1. The molecule has 0 spiro atoms. The van der Waals surface area contributed by atoms with E-state index < -0.39 is 6.10 Å². The Labute approximate surface area is 89.0 Å². The zero-order chi connectivity index (χ0) is 11.3. The first kappa shape index (κ1) is 12.0. The average molecular weight is 213 g/mol. The SMILES string of the molecule is NC(=O)CCC[CH]C(O)C(=O)NC1CC1. The summed E-state index contributed by atoms with van der Waals surface area (Å²) in [5.74, 6) is -0.711. The molecule has 1 aliphatic rings. The minimum atomic E-state index is -1.07. The Morgan fingerprint density at radius 1 is 1.53 bits per heavy atom. The molecule has 0 saturated heterocycles. The minimum Gasteiger partial charge on any atom is -0.383 e. The molecule has 15 heavy (non-hydrogen) atoms.